The van der Waals surface area contributed by atoms with E-state index in [1.807, 2.05) is 0 Å². The van der Waals surface area contributed by atoms with Crippen LogP contribution in [0.25, 0.3) is 0 Å². The minimum absolute atomic E-state index is 0.191. The van der Waals surface area contributed by atoms with Gasteiger partial charge in [-0.2, -0.15) is 10.1 Å². The molecule has 0 atom stereocenters. The quantitative estimate of drug-likeness (QED) is 0.847. The average Bonchev–Trinajstić information content (AvgIpc) is 2.65. The van der Waals surface area contributed by atoms with Crippen LogP contribution in [-0.4, -0.2) is 51.9 Å². The number of anilines is 3. The Kier molecular flexibility index (Phi) is 5.77. The van der Waals surface area contributed by atoms with Gasteiger partial charge in [0.15, 0.2) is 5.82 Å². The summed E-state index contributed by atoms with van der Waals surface area (Å²) in [7, 11) is 0. The van der Waals surface area contributed by atoms with E-state index >= 15 is 0 Å². The lowest BCUT2D eigenvalue weighted by atomic mass is 10.1. The van der Waals surface area contributed by atoms with Gasteiger partial charge in [-0.05, 0) is 44.0 Å². The zero-order valence-corrected chi connectivity index (χ0v) is 14.5. The third kappa shape index (κ3) is 4.78. The Balaban J connectivity index is 1.54. The zero-order valence-electron chi connectivity index (χ0n) is 14.5. The number of carbonyl (C=O) groups is 1. The molecule has 1 aliphatic heterocycles. The molecule has 0 unspecified atom stereocenters. The van der Waals surface area contributed by atoms with Crippen molar-refractivity contribution in [3.63, 3.8) is 0 Å². The molecule has 1 fully saturated rings. The van der Waals surface area contributed by atoms with Crippen molar-refractivity contribution in [2.45, 2.75) is 25.8 Å². The molecule has 0 spiro atoms. The zero-order chi connectivity index (χ0) is 18.4. The van der Waals surface area contributed by atoms with Gasteiger partial charge in [-0.3, -0.25) is 0 Å². The van der Waals surface area contributed by atoms with Crippen LogP contribution in [0.5, 0.6) is 0 Å². The third-order valence-corrected chi connectivity index (χ3v) is 4.03. The summed E-state index contributed by atoms with van der Waals surface area (Å²) in [6.07, 6.45) is 2.88. The van der Waals surface area contributed by atoms with E-state index in [4.69, 9.17) is 4.74 Å². The number of carbonyl (C=O) groups excluding carboxylic acids is 1. The van der Waals surface area contributed by atoms with Gasteiger partial charge in [-0.15, -0.1) is 5.10 Å². The highest BCUT2D eigenvalue weighted by Gasteiger charge is 2.23. The number of nitrogens with one attached hydrogen (secondary N) is 2. The number of halogens is 1. The topological polar surface area (TPSA) is 92.3 Å². The first-order chi connectivity index (χ1) is 12.6. The van der Waals surface area contributed by atoms with Crippen molar-refractivity contribution in [2.75, 3.05) is 30.3 Å². The number of rotatable bonds is 5. The molecule has 1 amide bonds. The number of benzene rings is 1. The minimum Gasteiger partial charge on any atom is -0.450 e. The highest BCUT2D eigenvalue weighted by molar-refractivity contribution is 5.67. The van der Waals surface area contributed by atoms with Gasteiger partial charge in [-0.25, -0.2) is 9.18 Å². The molecule has 1 saturated heterocycles. The van der Waals surface area contributed by atoms with E-state index in [1.54, 1.807) is 30.2 Å². The van der Waals surface area contributed by atoms with Gasteiger partial charge in [0.2, 0.25) is 5.95 Å². The molecule has 9 heteroatoms. The Bertz CT molecular complexity index is 734. The van der Waals surface area contributed by atoms with E-state index in [2.05, 4.69) is 25.8 Å². The van der Waals surface area contributed by atoms with Gasteiger partial charge in [0.25, 0.3) is 0 Å². The van der Waals surface area contributed by atoms with E-state index in [-0.39, 0.29) is 18.0 Å². The van der Waals surface area contributed by atoms with Crippen molar-refractivity contribution < 1.29 is 13.9 Å². The van der Waals surface area contributed by atoms with Crippen molar-refractivity contribution in [1.82, 2.24) is 20.1 Å². The molecule has 1 aromatic heterocycles. The molecule has 1 aromatic carbocycles. The predicted molar refractivity (Wildman–Crippen MR) is 94.7 cm³/mol. The maximum atomic E-state index is 13.0. The van der Waals surface area contributed by atoms with E-state index < -0.39 is 0 Å². The molecule has 0 saturated carbocycles. The molecule has 2 aromatic rings. The summed E-state index contributed by atoms with van der Waals surface area (Å²) in [5.74, 6) is 0.615. The minimum atomic E-state index is -0.306. The molecule has 0 aliphatic carbocycles. The first-order valence-corrected chi connectivity index (χ1v) is 8.54. The molecular formula is C17H21FN6O2. The Labute approximate surface area is 150 Å². The van der Waals surface area contributed by atoms with Crippen LogP contribution in [0.2, 0.25) is 0 Å². The van der Waals surface area contributed by atoms with Crippen LogP contribution in [0.15, 0.2) is 30.5 Å². The summed E-state index contributed by atoms with van der Waals surface area (Å²) in [6.45, 7) is 3.45. The lowest BCUT2D eigenvalue weighted by Crippen LogP contribution is -2.42. The molecule has 8 nitrogen and oxygen atoms in total. The van der Waals surface area contributed by atoms with Crippen LogP contribution in [0.4, 0.5) is 26.6 Å². The van der Waals surface area contributed by atoms with Gasteiger partial charge in [-0.1, -0.05) is 0 Å². The van der Waals surface area contributed by atoms with Crippen LogP contribution >= 0.6 is 0 Å². The maximum Gasteiger partial charge on any atom is 0.409 e. The van der Waals surface area contributed by atoms with Crippen LogP contribution < -0.4 is 10.6 Å². The summed E-state index contributed by atoms with van der Waals surface area (Å²) in [4.78, 5) is 17.8. The van der Waals surface area contributed by atoms with Crippen molar-refractivity contribution in [2.24, 2.45) is 0 Å². The molecular weight excluding hydrogens is 339 g/mol. The average molecular weight is 360 g/mol. The van der Waals surface area contributed by atoms with Gasteiger partial charge < -0.3 is 20.3 Å². The van der Waals surface area contributed by atoms with Crippen LogP contribution in [0.3, 0.4) is 0 Å². The fourth-order valence-corrected chi connectivity index (χ4v) is 2.72. The lowest BCUT2D eigenvalue weighted by molar-refractivity contribution is 0.0983. The van der Waals surface area contributed by atoms with Crippen molar-refractivity contribution >= 4 is 23.5 Å². The number of likely N-dealkylation sites (tertiary alicyclic amines) is 1. The van der Waals surface area contributed by atoms with Crippen molar-refractivity contribution in [3.8, 4) is 0 Å². The van der Waals surface area contributed by atoms with E-state index in [0.717, 1.165) is 12.8 Å². The summed E-state index contributed by atoms with van der Waals surface area (Å²) < 4.78 is 18.0. The van der Waals surface area contributed by atoms with Crippen LogP contribution in [0.1, 0.15) is 19.8 Å². The molecule has 2 heterocycles. The second-order valence-corrected chi connectivity index (χ2v) is 5.90. The molecule has 26 heavy (non-hydrogen) atoms. The molecule has 3 rings (SSSR count). The number of ether oxygens (including phenoxy) is 1. The Morgan fingerprint density at radius 3 is 2.73 bits per heavy atom. The predicted octanol–water partition coefficient (Wildman–Crippen LogP) is 2.79. The van der Waals surface area contributed by atoms with Gasteiger partial charge in [0.05, 0.1) is 12.8 Å². The van der Waals surface area contributed by atoms with Crippen molar-refractivity contribution in [3.05, 3.63) is 36.3 Å². The smallest absolute Gasteiger partial charge is 0.409 e. The lowest BCUT2D eigenvalue weighted by Gasteiger charge is -2.31. The monoisotopic (exact) mass is 360 g/mol. The Morgan fingerprint density at radius 2 is 2.04 bits per heavy atom. The number of aromatic nitrogens is 3. The van der Waals surface area contributed by atoms with E-state index in [9.17, 15) is 9.18 Å². The van der Waals surface area contributed by atoms with Gasteiger partial charge in [0.1, 0.15) is 5.82 Å². The number of amides is 1. The first kappa shape index (κ1) is 17.8. The number of hydrogen-bond acceptors (Lipinski definition) is 7. The summed E-state index contributed by atoms with van der Waals surface area (Å²) in [5.41, 5.74) is 0.674. The second-order valence-electron chi connectivity index (χ2n) is 5.90. The second kappa shape index (κ2) is 8.41. The van der Waals surface area contributed by atoms with E-state index in [0.29, 0.717) is 37.1 Å². The summed E-state index contributed by atoms with van der Waals surface area (Å²) >= 11 is 0. The van der Waals surface area contributed by atoms with Gasteiger partial charge >= 0.3 is 6.09 Å². The first-order valence-electron chi connectivity index (χ1n) is 8.54. The van der Waals surface area contributed by atoms with Crippen molar-refractivity contribution in [1.29, 1.82) is 0 Å². The van der Waals surface area contributed by atoms with Crippen LogP contribution in [0, 0.1) is 5.82 Å². The number of nitrogens with zero attached hydrogens (tertiary/aromatic N) is 4. The summed E-state index contributed by atoms with van der Waals surface area (Å²) in [5, 5.41) is 14.2. The third-order valence-electron chi connectivity index (χ3n) is 4.03. The standard InChI is InChI=1S/C17H21FN6O2/c1-2-26-17(25)24-9-7-14(8-10-24)20-15-11-19-23-16(22-15)21-13-5-3-12(18)4-6-13/h3-6,11,14H,2,7-10H2,1H3,(H2,20,21,22,23). The highest BCUT2D eigenvalue weighted by Crippen LogP contribution is 2.17. The normalized spacial score (nSPS) is 14.8. The van der Waals surface area contributed by atoms with E-state index in [1.165, 1.54) is 12.1 Å². The number of hydrogen-bond donors (Lipinski definition) is 2. The highest BCUT2D eigenvalue weighted by atomic mass is 19.1. The fourth-order valence-electron chi connectivity index (χ4n) is 2.72. The molecule has 0 bridgehead atoms. The fraction of sp³-hybridized carbons (Fsp3) is 0.412. The van der Waals surface area contributed by atoms with Crippen LogP contribution in [-0.2, 0) is 4.74 Å². The molecule has 0 radical (unpaired) electrons. The maximum absolute atomic E-state index is 13.0. The Morgan fingerprint density at radius 1 is 1.31 bits per heavy atom. The number of piperidine rings is 1. The largest absolute Gasteiger partial charge is 0.450 e. The van der Waals surface area contributed by atoms with Gasteiger partial charge in [0, 0.05) is 24.8 Å². The Hall–Kier alpha value is -2.97. The molecule has 1 aliphatic rings. The SMILES string of the molecule is CCOC(=O)N1CCC(Nc2cnnc(Nc3ccc(F)cc3)n2)CC1. The molecule has 138 valence electrons. The summed E-state index contributed by atoms with van der Waals surface area (Å²) in [6, 6.07) is 6.11. The molecule has 2 N–H and O–H groups in total.